The highest BCUT2D eigenvalue weighted by molar-refractivity contribution is 7.19. The second-order valence-corrected chi connectivity index (χ2v) is 8.51. The third kappa shape index (κ3) is 4.26. The second kappa shape index (κ2) is 8.03. The average molecular weight is 406 g/mol. The molecule has 2 heterocycles. The molecule has 27 heavy (non-hydrogen) atoms. The molecule has 3 rings (SSSR count). The van der Waals surface area contributed by atoms with Crippen LogP contribution in [0.4, 0.5) is 0 Å². The number of fused-ring (bicyclic) bond motifs is 1. The Morgan fingerprint density at radius 2 is 2.11 bits per heavy atom. The standard InChI is InChI=1S/C18H19N3O4S2/c1-9-16(18(24)21-14(7-22)17(19)23)13-5-11(3-4-15(13)26-9)25-8-12-6-20-10(2)27-12/h3-6,14,22H,7-8H2,1-2H3,(H2,19,23)(H,21,24)/t14-/m1/s1. The van der Waals surface area contributed by atoms with Gasteiger partial charge in [0.25, 0.3) is 5.91 Å². The molecule has 2 aromatic heterocycles. The van der Waals surface area contributed by atoms with E-state index in [1.807, 2.05) is 26.0 Å². The number of aromatic nitrogens is 1. The third-order valence-electron chi connectivity index (χ3n) is 3.94. The molecule has 0 spiro atoms. The number of aliphatic hydroxyl groups excluding tert-OH is 1. The van der Waals surface area contributed by atoms with E-state index in [2.05, 4.69) is 10.3 Å². The Morgan fingerprint density at radius 3 is 2.74 bits per heavy atom. The van der Waals surface area contributed by atoms with Gasteiger partial charge in [-0.1, -0.05) is 0 Å². The number of hydrogen-bond acceptors (Lipinski definition) is 7. The molecule has 0 bridgehead atoms. The molecule has 1 aromatic carbocycles. The second-order valence-electron chi connectivity index (χ2n) is 5.94. The fourth-order valence-electron chi connectivity index (χ4n) is 2.63. The van der Waals surface area contributed by atoms with E-state index < -0.39 is 24.5 Å². The van der Waals surface area contributed by atoms with E-state index in [-0.39, 0.29) is 0 Å². The maximum absolute atomic E-state index is 12.6. The molecule has 0 fully saturated rings. The van der Waals surface area contributed by atoms with E-state index >= 15 is 0 Å². The number of nitrogens with two attached hydrogens (primary N) is 1. The van der Waals surface area contributed by atoms with Gasteiger partial charge in [0.1, 0.15) is 18.4 Å². The summed E-state index contributed by atoms with van der Waals surface area (Å²) in [6.07, 6.45) is 1.78. The molecule has 0 aliphatic heterocycles. The molecule has 0 saturated carbocycles. The molecule has 0 unspecified atom stereocenters. The number of thiazole rings is 1. The number of aryl methyl sites for hydroxylation is 2. The van der Waals surface area contributed by atoms with E-state index in [4.69, 9.17) is 10.5 Å². The molecular weight excluding hydrogens is 386 g/mol. The largest absolute Gasteiger partial charge is 0.488 e. The fourth-order valence-corrected chi connectivity index (χ4v) is 4.38. The Bertz CT molecular complexity index is 996. The summed E-state index contributed by atoms with van der Waals surface area (Å²) in [5, 5.41) is 13.4. The van der Waals surface area contributed by atoms with E-state index in [0.717, 1.165) is 24.8 Å². The van der Waals surface area contributed by atoms with Crippen molar-refractivity contribution in [3.63, 3.8) is 0 Å². The van der Waals surface area contributed by atoms with E-state index in [0.29, 0.717) is 17.9 Å². The monoisotopic (exact) mass is 405 g/mol. The zero-order valence-corrected chi connectivity index (χ0v) is 16.4. The number of nitrogens with zero attached hydrogens (tertiary/aromatic N) is 1. The molecule has 1 atom stereocenters. The number of carbonyl (C=O) groups excluding carboxylic acids is 2. The molecule has 0 aliphatic carbocycles. The van der Waals surface area contributed by atoms with Gasteiger partial charge < -0.3 is 20.9 Å². The Labute approximate surface area is 163 Å². The first kappa shape index (κ1) is 19.3. The minimum absolute atomic E-state index is 0.399. The zero-order chi connectivity index (χ0) is 19.6. The highest BCUT2D eigenvalue weighted by Gasteiger charge is 2.22. The molecule has 0 aliphatic rings. The molecule has 3 aromatic rings. The smallest absolute Gasteiger partial charge is 0.253 e. The summed E-state index contributed by atoms with van der Waals surface area (Å²) >= 11 is 3.04. The van der Waals surface area contributed by atoms with Crippen molar-refractivity contribution in [2.75, 3.05) is 6.61 Å². The van der Waals surface area contributed by atoms with Crippen molar-refractivity contribution in [2.45, 2.75) is 26.5 Å². The maximum Gasteiger partial charge on any atom is 0.253 e. The SMILES string of the molecule is Cc1ncc(COc2ccc3sc(C)c(C(=O)N[C@H](CO)C(N)=O)c3c2)s1. The van der Waals surface area contributed by atoms with Gasteiger partial charge in [0.2, 0.25) is 5.91 Å². The van der Waals surface area contributed by atoms with Crippen molar-refractivity contribution < 1.29 is 19.4 Å². The first-order valence-corrected chi connectivity index (χ1v) is 9.80. The number of aliphatic hydroxyl groups is 1. The summed E-state index contributed by atoms with van der Waals surface area (Å²) in [5.74, 6) is -0.604. The van der Waals surface area contributed by atoms with Gasteiger partial charge in [-0.2, -0.15) is 0 Å². The minimum Gasteiger partial charge on any atom is -0.488 e. The first-order valence-electron chi connectivity index (χ1n) is 8.17. The number of carbonyl (C=O) groups is 2. The van der Waals surface area contributed by atoms with Crippen LogP contribution in [-0.2, 0) is 11.4 Å². The lowest BCUT2D eigenvalue weighted by molar-refractivity contribution is -0.120. The lowest BCUT2D eigenvalue weighted by Crippen LogP contribution is -2.46. The molecule has 0 saturated heterocycles. The van der Waals surface area contributed by atoms with Crippen LogP contribution in [0.1, 0.15) is 25.1 Å². The van der Waals surface area contributed by atoms with Crippen molar-refractivity contribution in [1.29, 1.82) is 0 Å². The van der Waals surface area contributed by atoms with Crippen molar-refractivity contribution in [1.82, 2.24) is 10.3 Å². The van der Waals surface area contributed by atoms with Gasteiger partial charge in [-0.25, -0.2) is 4.98 Å². The molecule has 7 nitrogen and oxygen atoms in total. The normalized spacial score (nSPS) is 12.1. The summed E-state index contributed by atoms with van der Waals surface area (Å²) in [4.78, 5) is 29.9. The van der Waals surface area contributed by atoms with Crippen molar-refractivity contribution in [2.24, 2.45) is 5.73 Å². The summed E-state index contributed by atoms with van der Waals surface area (Å²) in [6, 6.07) is 4.43. The summed E-state index contributed by atoms with van der Waals surface area (Å²) in [6.45, 7) is 3.62. The van der Waals surface area contributed by atoms with Gasteiger partial charge in [0.05, 0.1) is 22.1 Å². The van der Waals surface area contributed by atoms with Crippen LogP contribution in [0.15, 0.2) is 24.4 Å². The number of primary amides is 1. The quantitative estimate of drug-likeness (QED) is 0.557. The van der Waals surface area contributed by atoms with Crippen LogP contribution in [-0.4, -0.2) is 34.6 Å². The Balaban J connectivity index is 1.85. The van der Waals surface area contributed by atoms with Crippen LogP contribution in [0, 0.1) is 13.8 Å². The lowest BCUT2D eigenvalue weighted by atomic mass is 10.1. The van der Waals surface area contributed by atoms with Gasteiger partial charge in [-0.15, -0.1) is 22.7 Å². The van der Waals surface area contributed by atoms with Gasteiger partial charge in [0.15, 0.2) is 0 Å². The van der Waals surface area contributed by atoms with E-state index in [1.54, 1.807) is 23.6 Å². The zero-order valence-electron chi connectivity index (χ0n) is 14.8. The van der Waals surface area contributed by atoms with Crippen LogP contribution in [0.25, 0.3) is 10.1 Å². The topological polar surface area (TPSA) is 115 Å². The van der Waals surface area contributed by atoms with Gasteiger partial charge in [0, 0.05) is 21.2 Å². The van der Waals surface area contributed by atoms with Crippen LogP contribution < -0.4 is 15.8 Å². The molecule has 4 N–H and O–H groups in total. The number of hydrogen-bond donors (Lipinski definition) is 3. The molecule has 0 radical (unpaired) electrons. The minimum atomic E-state index is -1.12. The number of benzene rings is 1. The Hall–Kier alpha value is -2.49. The number of rotatable bonds is 7. The number of amides is 2. The molecule has 9 heteroatoms. The summed E-state index contributed by atoms with van der Waals surface area (Å²) < 4.78 is 6.76. The fraction of sp³-hybridized carbons (Fsp3) is 0.278. The molecular formula is C18H19N3O4S2. The predicted molar refractivity (Wildman–Crippen MR) is 105 cm³/mol. The number of nitrogens with one attached hydrogen (secondary N) is 1. The van der Waals surface area contributed by atoms with Crippen molar-refractivity contribution in [3.05, 3.63) is 44.7 Å². The van der Waals surface area contributed by atoms with Crippen LogP contribution >= 0.6 is 22.7 Å². The highest BCUT2D eigenvalue weighted by Crippen LogP contribution is 2.33. The van der Waals surface area contributed by atoms with Gasteiger partial charge in [-0.05, 0) is 32.0 Å². The molecule has 2 amide bonds. The highest BCUT2D eigenvalue weighted by atomic mass is 32.1. The number of ether oxygens (including phenoxy) is 1. The number of thiophene rings is 1. The molecule has 142 valence electrons. The van der Waals surface area contributed by atoms with Gasteiger partial charge >= 0.3 is 0 Å². The Morgan fingerprint density at radius 1 is 1.33 bits per heavy atom. The van der Waals surface area contributed by atoms with Crippen molar-refractivity contribution in [3.8, 4) is 5.75 Å². The van der Waals surface area contributed by atoms with E-state index in [9.17, 15) is 14.7 Å². The lowest BCUT2D eigenvalue weighted by Gasteiger charge is -2.13. The summed E-state index contributed by atoms with van der Waals surface area (Å²) in [5.41, 5.74) is 5.64. The Kier molecular flexibility index (Phi) is 5.73. The van der Waals surface area contributed by atoms with E-state index in [1.165, 1.54) is 11.3 Å². The van der Waals surface area contributed by atoms with Crippen molar-refractivity contribution >= 4 is 44.6 Å². The summed E-state index contributed by atoms with van der Waals surface area (Å²) in [7, 11) is 0. The maximum atomic E-state index is 12.6. The third-order valence-corrected chi connectivity index (χ3v) is 5.92. The average Bonchev–Trinajstić information content (AvgIpc) is 3.19. The van der Waals surface area contributed by atoms with Crippen LogP contribution in [0.5, 0.6) is 5.75 Å². The van der Waals surface area contributed by atoms with Crippen LogP contribution in [0.2, 0.25) is 0 Å². The van der Waals surface area contributed by atoms with Crippen LogP contribution in [0.3, 0.4) is 0 Å². The predicted octanol–water partition coefficient (Wildman–Crippen LogP) is 2.13. The van der Waals surface area contributed by atoms with Gasteiger partial charge in [-0.3, -0.25) is 9.59 Å². The first-order chi connectivity index (χ1) is 12.9.